The minimum absolute atomic E-state index is 0.0114. The van der Waals surface area contributed by atoms with E-state index in [4.69, 9.17) is 9.26 Å². The molecule has 0 aliphatic heterocycles. The molecular formula is C18H13F2N2O5S-. The van der Waals surface area contributed by atoms with Crippen LogP contribution in [0, 0.1) is 0 Å². The number of rotatable bonds is 8. The number of thiophene rings is 1. The van der Waals surface area contributed by atoms with Crippen LogP contribution in [0.1, 0.15) is 17.9 Å². The number of aliphatic carboxylic acids is 1. The van der Waals surface area contributed by atoms with Gasteiger partial charge in [0.25, 0.3) is 5.89 Å². The summed E-state index contributed by atoms with van der Waals surface area (Å²) in [5, 5.41) is 18.7. The number of alkyl halides is 2. The first kappa shape index (κ1) is 19.5. The second-order valence-corrected chi connectivity index (χ2v) is 6.22. The van der Waals surface area contributed by atoms with Crippen LogP contribution in [-0.2, 0) is 4.79 Å². The Morgan fingerprint density at radius 1 is 1.36 bits per heavy atom. The molecule has 0 spiro atoms. The highest BCUT2D eigenvalue weighted by Crippen LogP contribution is 2.31. The van der Waals surface area contributed by atoms with Crippen molar-refractivity contribution in [1.29, 1.82) is 0 Å². The third kappa shape index (κ3) is 4.71. The van der Waals surface area contributed by atoms with Crippen LogP contribution < -0.4 is 14.6 Å². The number of hydrogen-bond acceptors (Lipinski definition) is 8. The van der Waals surface area contributed by atoms with Crippen molar-refractivity contribution in [2.24, 2.45) is 0 Å². The first-order chi connectivity index (χ1) is 13.5. The van der Waals surface area contributed by atoms with Gasteiger partial charge in [-0.05, 0) is 35.2 Å². The van der Waals surface area contributed by atoms with E-state index in [1.807, 2.05) is 10.8 Å². The number of carbonyl (C=O) groups excluding carboxylic acids is 1. The Hall–Kier alpha value is -3.27. The van der Waals surface area contributed by atoms with Crippen molar-refractivity contribution in [3.63, 3.8) is 0 Å². The lowest BCUT2D eigenvalue weighted by atomic mass is 10.1. The van der Waals surface area contributed by atoms with E-state index in [0.29, 0.717) is 11.4 Å². The number of aromatic nitrogens is 2. The fraction of sp³-hybridized carbons (Fsp3) is 0.167. The predicted octanol–water partition coefficient (Wildman–Crippen LogP) is 3.09. The molecule has 10 heteroatoms. The van der Waals surface area contributed by atoms with Gasteiger partial charge in [-0.15, -0.1) is 0 Å². The monoisotopic (exact) mass is 407 g/mol. The van der Waals surface area contributed by atoms with E-state index >= 15 is 0 Å². The number of carboxylic acids is 1. The van der Waals surface area contributed by atoms with Gasteiger partial charge in [0.2, 0.25) is 5.82 Å². The molecule has 28 heavy (non-hydrogen) atoms. The molecular weight excluding hydrogens is 394 g/mol. The summed E-state index contributed by atoms with van der Waals surface area (Å²) >= 11 is 1.46. The molecule has 7 nitrogen and oxygen atoms in total. The van der Waals surface area contributed by atoms with Crippen LogP contribution in [0.15, 0.2) is 39.5 Å². The molecule has 0 aliphatic rings. The van der Waals surface area contributed by atoms with E-state index in [9.17, 15) is 18.7 Å². The highest BCUT2D eigenvalue weighted by atomic mass is 32.1. The van der Waals surface area contributed by atoms with E-state index in [2.05, 4.69) is 14.9 Å². The number of nitrogens with zero attached hydrogens (tertiary/aromatic N) is 2. The average molecular weight is 407 g/mol. The number of benzene rings is 1. The molecule has 0 saturated heterocycles. The Kier molecular flexibility index (Phi) is 5.99. The lowest BCUT2D eigenvalue weighted by molar-refractivity contribution is -0.304. The quantitative estimate of drug-likeness (QED) is 0.566. The Labute approximate surface area is 161 Å². The minimum Gasteiger partial charge on any atom is -0.550 e. The van der Waals surface area contributed by atoms with Crippen LogP contribution in [0.5, 0.6) is 11.5 Å². The fourth-order valence-electron chi connectivity index (χ4n) is 2.38. The van der Waals surface area contributed by atoms with Crippen molar-refractivity contribution in [2.75, 3.05) is 7.11 Å². The maximum absolute atomic E-state index is 12.4. The van der Waals surface area contributed by atoms with Gasteiger partial charge in [-0.2, -0.15) is 25.1 Å². The van der Waals surface area contributed by atoms with Crippen LogP contribution in [0.25, 0.3) is 23.0 Å². The van der Waals surface area contributed by atoms with Gasteiger partial charge in [0.05, 0.1) is 7.11 Å². The summed E-state index contributed by atoms with van der Waals surface area (Å²) in [6.45, 7) is -3.00. The summed E-state index contributed by atoms with van der Waals surface area (Å²) in [6.07, 6.45) is 0.984. The number of carbonyl (C=O) groups is 1. The van der Waals surface area contributed by atoms with E-state index in [1.165, 1.54) is 42.7 Å². The highest BCUT2D eigenvalue weighted by Gasteiger charge is 2.15. The Balaban J connectivity index is 1.95. The molecule has 2 heterocycles. The van der Waals surface area contributed by atoms with Gasteiger partial charge in [-0.3, -0.25) is 0 Å². The molecule has 3 aromatic rings. The zero-order valence-corrected chi connectivity index (χ0v) is 15.2. The normalized spacial score (nSPS) is 11.6. The standard InChI is InChI=1S/C18H14F2N2O5S/c1-25-14-7-10(2-3-13(14)26-18(19)20)6-12(8-15(23)24)17-21-16(22-27-17)11-4-5-28-9-11/h2-7,9,18H,8H2,1H3,(H,23,24)/p-1/b12-6+. The van der Waals surface area contributed by atoms with Crippen molar-refractivity contribution < 1.29 is 32.7 Å². The summed E-state index contributed by atoms with van der Waals surface area (Å²) in [5.41, 5.74) is 1.39. The molecule has 0 atom stereocenters. The van der Waals surface area contributed by atoms with Crippen LogP contribution in [0.4, 0.5) is 8.78 Å². The van der Waals surface area contributed by atoms with Gasteiger partial charge in [0, 0.05) is 28.9 Å². The largest absolute Gasteiger partial charge is 0.550 e. The van der Waals surface area contributed by atoms with E-state index in [-0.39, 0.29) is 23.0 Å². The van der Waals surface area contributed by atoms with Crippen LogP contribution in [0.2, 0.25) is 0 Å². The molecule has 146 valence electrons. The van der Waals surface area contributed by atoms with E-state index < -0.39 is 19.0 Å². The topological polar surface area (TPSA) is 97.5 Å². The molecule has 0 radical (unpaired) electrons. The molecule has 0 aliphatic carbocycles. The van der Waals surface area contributed by atoms with E-state index in [1.54, 1.807) is 6.07 Å². The molecule has 0 amide bonds. The second kappa shape index (κ2) is 8.61. The smallest absolute Gasteiger partial charge is 0.387 e. The molecule has 1 aromatic carbocycles. The van der Waals surface area contributed by atoms with Crippen LogP contribution >= 0.6 is 11.3 Å². The average Bonchev–Trinajstić information content (AvgIpc) is 3.33. The first-order valence-electron chi connectivity index (χ1n) is 7.86. The summed E-state index contributed by atoms with van der Waals surface area (Å²) < 4.78 is 39.5. The van der Waals surface area contributed by atoms with E-state index in [0.717, 1.165) is 5.56 Å². The molecule has 0 saturated carbocycles. The minimum atomic E-state index is -3.00. The number of hydrogen-bond donors (Lipinski definition) is 0. The number of halogens is 2. The first-order valence-corrected chi connectivity index (χ1v) is 8.80. The van der Waals surface area contributed by atoms with Crippen molar-refractivity contribution in [2.45, 2.75) is 13.0 Å². The molecule has 0 fully saturated rings. The third-order valence-electron chi connectivity index (χ3n) is 3.56. The predicted molar refractivity (Wildman–Crippen MR) is 94.7 cm³/mol. The Bertz CT molecular complexity index is 986. The molecule has 0 unspecified atom stereocenters. The van der Waals surface area contributed by atoms with Crippen molar-refractivity contribution in [3.05, 3.63) is 46.5 Å². The maximum Gasteiger partial charge on any atom is 0.387 e. The summed E-state index contributed by atoms with van der Waals surface area (Å²) in [6, 6.07) is 5.97. The zero-order valence-electron chi connectivity index (χ0n) is 14.4. The maximum atomic E-state index is 12.4. The summed E-state index contributed by atoms with van der Waals surface area (Å²) in [7, 11) is 1.30. The van der Waals surface area contributed by atoms with Crippen molar-refractivity contribution in [1.82, 2.24) is 10.1 Å². The van der Waals surface area contributed by atoms with Crippen molar-refractivity contribution >= 4 is 29.0 Å². The summed E-state index contributed by atoms with van der Waals surface area (Å²) in [5.74, 6) is -1.10. The molecule has 0 N–H and O–H groups in total. The Morgan fingerprint density at radius 2 is 2.18 bits per heavy atom. The number of ether oxygens (including phenoxy) is 2. The van der Waals surface area contributed by atoms with Gasteiger partial charge in [0.15, 0.2) is 11.5 Å². The number of carboxylic acid groups (broad SMARTS) is 1. The Morgan fingerprint density at radius 3 is 2.82 bits per heavy atom. The summed E-state index contributed by atoms with van der Waals surface area (Å²) in [4.78, 5) is 15.4. The number of methoxy groups -OCH3 is 1. The highest BCUT2D eigenvalue weighted by molar-refractivity contribution is 7.08. The molecule has 0 bridgehead atoms. The second-order valence-electron chi connectivity index (χ2n) is 5.44. The van der Waals surface area contributed by atoms with Crippen molar-refractivity contribution in [3.8, 4) is 22.9 Å². The lowest BCUT2D eigenvalue weighted by Crippen LogP contribution is -2.22. The van der Waals surface area contributed by atoms with Gasteiger partial charge in [-0.25, -0.2) is 0 Å². The van der Waals surface area contributed by atoms with Crippen LogP contribution in [0.3, 0.4) is 0 Å². The molecule has 3 rings (SSSR count). The van der Waals surface area contributed by atoms with Crippen LogP contribution in [-0.4, -0.2) is 29.8 Å². The molecule has 2 aromatic heterocycles. The van der Waals surface area contributed by atoms with Gasteiger partial charge in [-0.1, -0.05) is 11.2 Å². The zero-order chi connectivity index (χ0) is 20.1. The SMILES string of the molecule is COc1cc(/C=C(\CC(=O)[O-])c2nc(-c3ccsc3)no2)ccc1OC(F)F. The van der Waals surface area contributed by atoms with Gasteiger partial charge in [0.1, 0.15) is 0 Å². The lowest BCUT2D eigenvalue weighted by Gasteiger charge is -2.11. The van der Waals surface area contributed by atoms with Gasteiger partial charge < -0.3 is 23.9 Å². The third-order valence-corrected chi connectivity index (χ3v) is 4.24. The fourth-order valence-corrected chi connectivity index (χ4v) is 3.01. The van der Waals surface area contributed by atoms with Gasteiger partial charge >= 0.3 is 6.61 Å².